The van der Waals surface area contributed by atoms with Crippen LogP contribution in [0, 0.1) is 0 Å². The van der Waals surface area contributed by atoms with Gasteiger partial charge in [-0.1, -0.05) is 30.3 Å². The Morgan fingerprint density at radius 1 is 1.08 bits per heavy atom. The van der Waals surface area contributed by atoms with Gasteiger partial charge in [-0.25, -0.2) is 4.98 Å². The van der Waals surface area contributed by atoms with Crippen LogP contribution in [0.25, 0.3) is 0 Å². The minimum Gasteiger partial charge on any atom is -0.350 e. The van der Waals surface area contributed by atoms with E-state index in [1.165, 1.54) is 25.9 Å². The molecule has 7 heteroatoms. The molecule has 0 saturated heterocycles. The number of nitrogens with one attached hydrogen (secondary N) is 1. The lowest BCUT2D eigenvalue weighted by molar-refractivity contribution is 0.527. The molecule has 0 fully saturated rings. The van der Waals surface area contributed by atoms with Crippen LogP contribution in [-0.4, -0.2) is 37.8 Å². The Hall–Kier alpha value is -2.12. The van der Waals surface area contributed by atoms with Gasteiger partial charge in [-0.05, 0) is 31.5 Å². The second-order valence-corrected chi connectivity index (χ2v) is 7.89. The molecule has 0 radical (unpaired) electrons. The molecular weight excluding hydrogens is 324 g/mol. The largest absolute Gasteiger partial charge is 0.350 e. The van der Waals surface area contributed by atoms with Crippen molar-refractivity contribution in [3.05, 3.63) is 54.2 Å². The molecule has 1 heterocycles. The molecule has 2 rings (SSSR count). The van der Waals surface area contributed by atoms with E-state index in [1.54, 1.807) is 6.07 Å². The van der Waals surface area contributed by atoms with Crippen LogP contribution in [0.4, 0.5) is 11.5 Å². The first kappa shape index (κ1) is 18.2. The topological polar surface area (TPSA) is 65.5 Å². The first-order chi connectivity index (χ1) is 11.3. The fraction of sp³-hybridized carbons (Fsp3) is 0.353. The fourth-order valence-electron chi connectivity index (χ4n) is 2.16. The Kier molecular flexibility index (Phi) is 5.80. The van der Waals surface area contributed by atoms with Gasteiger partial charge in [-0.15, -0.1) is 0 Å². The van der Waals surface area contributed by atoms with Crippen molar-refractivity contribution in [2.45, 2.75) is 26.4 Å². The minimum atomic E-state index is -3.52. The van der Waals surface area contributed by atoms with Crippen LogP contribution in [0.2, 0.25) is 0 Å². The summed E-state index contributed by atoms with van der Waals surface area (Å²) in [5, 5.41) is 0. The number of rotatable bonds is 7. The molecule has 0 aliphatic carbocycles. The van der Waals surface area contributed by atoms with Crippen LogP contribution in [0.5, 0.6) is 0 Å². The maximum absolute atomic E-state index is 11.8. The molecule has 1 aromatic carbocycles. The lowest BCUT2D eigenvalue weighted by atomic mass is 10.2. The summed E-state index contributed by atoms with van der Waals surface area (Å²) in [5.74, 6) is 0.807. The summed E-state index contributed by atoms with van der Waals surface area (Å²) in [6.07, 6.45) is 1.54. The molecule has 1 aromatic heterocycles. The van der Waals surface area contributed by atoms with E-state index in [1.807, 2.05) is 24.3 Å². The average molecular weight is 348 g/mol. The van der Waals surface area contributed by atoms with Crippen LogP contribution in [0.1, 0.15) is 19.4 Å². The highest BCUT2D eigenvalue weighted by Gasteiger charge is 2.15. The lowest BCUT2D eigenvalue weighted by Crippen LogP contribution is -2.31. The highest BCUT2D eigenvalue weighted by molar-refractivity contribution is 7.90. The average Bonchev–Trinajstić information content (AvgIpc) is 2.54. The Labute approximate surface area is 144 Å². The van der Waals surface area contributed by atoms with Crippen LogP contribution >= 0.6 is 0 Å². The Bertz CT molecular complexity index is 744. The van der Waals surface area contributed by atoms with Crippen molar-refractivity contribution < 1.29 is 8.42 Å². The number of hydrogen-bond donors (Lipinski definition) is 1. The summed E-state index contributed by atoms with van der Waals surface area (Å²) in [4.78, 5) is 6.59. The minimum absolute atomic E-state index is 0.266. The normalized spacial score (nSPS) is 11.8. The Morgan fingerprint density at radius 3 is 2.25 bits per heavy atom. The molecule has 0 saturated carbocycles. The Morgan fingerprint density at radius 2 is 1.75 bits per heavy atom. The van der Waals surface area contributed by atoms with Gasteiger partial charge in [0.05, 0.1) is 11.9 Å². The summed E-state index contributed by atoms with van der Waals surface area (Å²) < 4.78 is 27.3. The summed E-state index contributed by atoms with van der Waals surface area (Å²) in [5.41, 5.74) is 1.64. The second kappa shape index (κ2) is 7.63. The van der Waals surface area contributed by atoms with Gasteiger partial charge in [0, 0.05) is 26.7 Å². The molecule has 6 nitrogen and oxygen atoms in total. The van der Waals surface area contributed by atoms with E-state index >= 15 is 0 Å². The zero-order chi connectivity index (χ0) is 17.7. The fourth-order valence-corrected chi connectivity index (χ4v) is 2.77. The van der Waals surface area contributed by atoms with E-state index < -0.39 is 10.2 Å². The zero-order valence-electron chi connectivity index (χ0n) is 14.5. The molecular formula is C17H24N4O2S. The smallest absolute Gasteiger partial charge is 0.301 e. The predicted molar refractivity (Wildman–Crippen MR) is 98.2 cm³/mol. The number of nitrogens with zero attached hydrogens (tertiary/aromatic N) is 3. The SMILES string of the molecule is CC(C)N(Cc1ccccc1)c1ccc(NS(=O)(=O)N(C)C)cn1. The molecule has 130 valence electrons. The van der Waals surface area contributed by atoms with Crippen LogP contribution in [0.15, 0.2) is 48.7 Å². The molecule has 0 bridgehead atoms. The first-order valence-corrected chi connectivity index (χ1v) is 9.20. The third kappa shape index (κ3) is 4.69. The summed E-state index contributed by atoms with van der Waals surface area (Å²) >= 11 is 0. The second-order valence-electron chi connectivity index (χ2n) is 6.00. The van der Waals surface area contributed by atoms with Crippen molar-refractivity contribution in [1.29, 1.82) is 0 Å². The predicted octanol–water partition coefficient (Wildman–Crippen LogP) is 2.71. The molecule has 0 spiro atoms. The van der Waals surface area contributed by atoms with Gasteiger partial charge in [0.15, 0.2) is 0 Å². The van der Waals surface area contributed by atoms with Gasteiger partial charge in [-0.3, -0.25) is 4.72 Å². The van der Waals surface area contributed by atoms with Gasteiger partial charge in [0.25, 0.3) is 0 Å². The van der Waals surface area contributed by atoms with Crippen molar-refractivity contribution in [2.24, 2.45) is 0 Å². The van der Waals surface area contributed by atoms with Crippen LogP contribution < -0.4 is 9.62 Å². The third-order valence-electron chi connectivity index (χ3n) is 3.59. The van der Waals surface area contributed by atoms with Crippen LogP contribution in [-0.2, 0) is 16.8 Å². The molecule has 2 aromatic rings. The summed E-state index contributed by atoms with van der Waals surface area (Å²) in [7, 11) is -0.566. The van der Waals surface area contributed by atoms with E-state index in [9.17, 15) is 8.42 Å². The molecule has 0 unspecified atom stereocenters. The number of benzene rings is 1. The van der Waals surface area contributed by atoms with Crippen molar-refractivity contribution in [3.63, 3.8) is 0 Å². The van der Waals surface area contributed by atoms with Gasteiger partial charge >= 0.3 is 10.2 Å². The number of aromatic nitrogens is 1. The standard InChI is InChI=1S/C17H24N4O2S/c1-14(2)21(13-15-8-6-5-7-9-15)17-11-10-16(12-18-17)19-24(22,23)20(3)4/h5-12,14,19H,13H2,1-4H3. The van der Waals surface area contributed by atoms with E-state index in [-0.39, 0.29) is 6.04 Å². The Balaban J connectivity index is 2.17. The molecule has 0 amide bonds. The van der Waals surface area contributed by atoms with E-state index in [0.29, 0.717) is 5.69 Å². The van der Waals surface area contributed by atoms with E-state index in [0.717, 1.165) is 16.7 Å². The molecule has 24 heavy (non-hydrogen) atoms. The van der Waals surface area contributed by atoms with Crippen LogP contribution in [0.3, 0.4) is 0 Å². The third-order valence-corrected chi connectivity index (χ3v) is 5.04. The molecule has 0 aliphatic heterocycles. The molecule has 0 atom stereocenters. The van der Waals surface area contributed by atoms with Crippen molar-refractivity contribution >= 4 is 21.7 Å². The zero-order valence-corrected chi connectivity index (χ0v) is 15.3. The van der Waals surface area contributed by atoms with Crippen molar-refractivity contribution in [2.75, 3.05) is 23.7 Å². The lowest BCUT2D eigenvalue weighted by Gasteiger charge is -2.28. The maximum atomic E-state index is 11.8. The van der Waals surface area contributed by atoms with Crippen molar-refractivity contribution in [3.8, 4) is 0 Å². The maximum Gasteiger partial charge on any atom is 0.301 e. The number of anilines is 2. The highest BCUT2D eigenvalue weighted by atomic mass is 32.2. The van der Waals surface area contributed by atoms with E-state index in [2.05, 4.69) is 40.6 Å². The van der Waals surface area contributed by atoms with Gasteiger partial charge < -0.3 is 4.90 Å². The van der Waals surface area contributed by atoms with Gasteiger partial charge in [0.1, 0.15) is 5.82 Å². The van der Waals surface area contributed by atoms with E-state index in [4.69, 9.17) is 0 Å². The number of pyridine rings is 1. The van der Waals surface area contributed by atoms with Gasteiger partial charge in [0.2, 0.25) is 0 Å². The summed E-state index contributed by atoms with van der Waals surface area (Å²) in [6.45, 7) is 4.95. The summed E-state index contributed by atoms with van der Waals surface area (Å²) in [6, 6.07) is 14.0. The number of hydrogen-bond acceptors (Lipinski definition) is 4. The van der Waals surface area contributed by atoms with Gasteiger partial charge in [-0.2, -0.15) is 12.7 Å². The first-order valence-electron chi connectivity index (χ1n) is 7.76. The molecule has 0 aliphatic rings. The highest BCUT2D eigenvalue weighted by Crippen LogP contribution is 2.20. The molecule has 1 N–H and O–H groups in total. The van der Waals surface area contributed by atoms with Crippen molar-refractivity contribution in [1.82, 2.24) is 9.29 Å². The monoisotopic (exact) mass is 348 g/mol. The quantitative estimate of drug-likeness (QED) is 0.835.